The quantitative estimate of drug-likeness (QED) is 0.779. The van der Waals surface area contributed by atoms with E-state index >= 15 is 0 Å². The van der Waals surface area contributed by atoms with E-state index in [1.807, 2.05) is 6.07 Å². The van der Waals surface area contributed by atoms with Gasteiger partial charge in [-0.1, -0.05) is 12.1 Å². The molecule has 4 rings (SSSR count). The molecule has 1 aliphatic carbocycles. The number of hydrogen-bond acceptors (Lipinski definition) is 3. The summed E-state index contributed by atoms with van der Waals surface area (Å²) in [6.45, 7) is 0.998. The maximum Gasteiger partial charge on any atom is 0.259 e. The molecule has 0 bridgehead atoms. The van der Waals surface area contributed by atoms with Crippen molar-refractivity contribution in [3.63, 3.8) is 0 Å². The Kier molecular flexibility index (Phi) is 3.86. The van der Waals surface area contributed by atoms with Crippen LogP contribution in [0.2, 0.25) is 0 Å². The molecule has 5 heteroatoms. The highest BCUT2D eigenvalue weighted by atomic mass is 19.1. The molecule has 0 atom stereocenters. The van der Waals surface area contributed by atoms with Crippen molar-refractivity contribution >= 4 is 10.9 Å². The summed E-state index contributed by atoms with van der Waals surface area (Å²) in [4.78, 5) is 19.6. The first-order chi connectivity index (χ1) is 11.7. The van der Waals surface area contributed by atoms with Crippen molar-refractivity contribution in [2.45, 2.75) is 19.4 Å². The van der Waals surface area contributed by atoms with Crippen LogP contribution in [-0.4, -0.2) is 16.6 Å². The minimum atomic E-state index is -0.327. The van der Waals surface area contributed by atoms with Crippen LogP contribution in [0, 0.1) is 11.7 Å². The molecule has 1 saturated carbocycles. The lowest BCUT2D eigenvalue weighted by molar-refractivity contribution is 0.111. The molecule has 0 aliphatic heterocycles. The van der Waals surface area contributed by atoms with Gasteiger partial charge in [-0.05, 0) is 54.7 Å². The second-order valence-corrected chi connectivity index (χ2v) is 6.19. The Morgan fingerprint density at radius 2 is 2.04 bits per heavy atom. The lowest BCUT2D eigenvalue weighted by atomic mass is 10.1. The molecule has 4 nitrogen and oxygen atoms in total. The van der Waals surface area contributed by atoms with E-state index in [0.29, 0.717) is 47.0 Å². The average molecular weight is 324 g/mol. The van der Waals surface area contributed by atoms with E-state index in [0.717, 1.165) is 0 Å². The Morgan fingerprint density at radius 1 is 1.21 bits per heavy atom. The molecule has 1 fully saturated rings. The van der Waals surface area contributed by atoms with Gasteiger partial charge in [-0.25, -0.2) is 9.37 Å². The number of fused-ring (bicyclic) bond motifs is 1. The van der Waals surface area contributed by atoms with Crippen molar-refractivity contribution in [2.24, 2.45) is 5.92 Å². The summed E-state index contributed by atoms with van der Waals surface area (Å²) < 4.78 is 19.3. The van der Waals surface area contributed by atoms with Gasteiger partial charge in [0.05, 0.1) is 17.5 Å². The molecule has 1 aromatic heterocycles. The summed E-state index contributed by atoms with van der Waals surface area (Å²) >= 11 is 0. The van der Waals surface area contributed by atoms with E-state index in [1.165, 1.54) is 25.0 Å². The van der Waals surface area contributed by atoms with E-state index in [-0.39, 0.29) is 11.4 Å². The third kappa shape index (κ3) is 3.08. The van der Waals surface area contributed by atoms with Crippen LogP contribution in [0.3, 0.4) is 0 Å². The fraction of sp³-hybridized carbons (Fsp3) is 0.263. The van der Waals surface area contributed by atoms with Crippen LogP contribution >= 0.6 is 0 Å². The largest absolute Gasteiger partial charge is 0.376 e. The second-order valence-electron chi connectivity index (χ2n) is 6.19. The Morgan fingerprint density at radius 3 is 2.88 bits per heavy atom. The smallest absolute Gasteiger partial charge is 0.259 e. The molecule has 1 heterocycles. The van der Waals surface area contributed by atoms with Crippen molar-refractivity contribution in [3.05, 3.63) is 64.2 Å². The zero-order chi connectivity index (χ0) is 16.5. The van der Waals surface area contributed by atoms with Gasteiger partial charge >= 0.3 is 0 Å². The molecule has 3 aromatic rings. The van der Waals surface area contributed by atoms with Gasteiger partial charge in [0.25, 0.3) is 5.56 Å². The summed E-state index contributed by atoms with van der Waals surface area (Å²) in [5.41, 5.74) is 1.79. The topological polar surface area (TPSA) is 55.0 Å². The molecule has 0 amide bonds. The maximum atomic E-state index is 13.6. The van der Waals surface area contributed by atoms with Crippen molar-refractivity contribution in [1.29, 1.82) is 0 Å². The number of aromatic amines is 1. The summed E-state index contributed by atoms with van der Waals surface area (Å²) in [6, 6.07) is 11.6. The van der Waals surface area contributed by atoms with Crippen LogP contribution in [0.4, 0.5) is 4.39 Å². The molecule has 122 valence electrons. The highest BCUT2D eigenvalue weighted by Gasteiger charge is 2.21. The Hall–Kier alpha value is -2.53. The van der Waals surface area contributed by atoms with E-state index < -0.39 is 0 Å². The van der Waals surface area contributed by atoms with Crippen molar-refractivity contribution in [1.82, 2.24) is 9.97 Å². The number of nitrogens with one attached hydrogen (secondary N) is 1. The van der Waals surface area contributed by atoms with Gasteiger partial charge in [0.2, 0.25) is 0 Å². The monoisotopic (exact) mass is 324 g/mol. The number of para-hydroxylation sites is 1. The third-order valence-corrected chi connectivity index (χ3v) is 4.24. The van der Waals surface area contributed by atoms with Crippen LogP contribution in [0.1, 0.15) is 18.4 Å². The average Bonchev–Trinajstić information content (AvgIpc) is 3.39. The van der Waals surface area contributed by atoms with E-state index in [2.05, 4.69) is 9.97 Å². The number of nitrogens with zero attached hydrogens (tertiary/aromatic N) is 1. The van der Waals surface area contributed by atoms with Crippen LogP contribution in [-0.2, 0) is 11.3 Å². The SMILES string of the molecule is O=c1[nH]c(-c2ccc(F)cc2COCC2CC2)nc2ccccc12. The van der Waals surface area contributed by atoms with Gasteiger partial charge in [0.15, 0.2) is 0 Å². The standard InChI is InChI=1S/C19H17FN2O2/c20-14-7-8-15(13(9-14)11-24-10-12-5-6-12)18-21-17-4-2-1-3-16(17)19(23)22-18/h1-4,7-9,12H,5-6,10-11H2,(H,21,22,23). The molecule has 0 radical (unpaired) electrons. The normalized spacial score (nSPS) is 14.2. The number of hydrogen-bond donors (Lipinski definition) is 1. The van der Waals surface area contributed by atoms with Gasteiger partial charge in [0.1, 0.15) is 11.6 Å². The summed E-state index contributed by atoms with van der Waals surface area (Å²) in [5.74, 6) is 0.747. The molecule has 0 spiro atoms. The van der Waals surface area contributed by atoms with E-state index in [9.17, 15) is 9.18 Å². The Labute approximate surface area is 138 Å². The highest BCUT2D eigenvalue weighted by Crippen LogP contribution is 2.30. The lowest BCUT2D eigenvalue weighted by Gasteiger charge is -2.10. The van der Waals surface area contributed by atoms with Crippen LogP contribution < -0.4 is 5.56 Å². The van der Waals surface area contributed by atoms with Crippen molar-refractivity contribution < 1.29 is 9.13 Å². The molecule has 0 unspecified atom stereocenters. The predicted octanol–water partition coefficient (Wildman–Crippen LogP) is 3.66. The van der Waals surface area contributed by atoms with Gasteiger partial charge in [-0.2, -0.15) is 0 Å². The van der Waals surface area contributed by atoms with Crippen LogP contribution in [0.15, 0.2) is 47.3 Å². The highest BCUT2D eigenvalue weighted by molar-refractivity contribution is 5.79. The molecule has 1 N–H and O–H groups in total. The minimum absolute atomic E-state index is 0.204. The fourth-order valence-electron chi connectivity index (χ4n) is 2.75. The predicted molar refractivity (Wildman–Crippen MR) is 90.1 cm³/mol. The summed E-state index contributed by atoms with van der Waals surface area (Å²) in [5, 5.41) is 0.537. The van der Waals surface area contributed by atoms with Crippen molar-refractivity contribution in [3.8, 4) is 11.4 Å². The number of H-pyrrole nitrogens is 1. The van der Waals surface area contributed by atoms with E-state index in [4.69, 9.17) is 4.74 Å². The van der Waals surface area contributed by atoms with Gasteiger partial charge in [-0.15, -0.1) is 0 Å². The molecule has 0 saturated heterocycles. The molecular weight excluding hydrogens is 307 g/mol. The summed E-state index contributed by atoms with van der Waals surface area (Å²) in [7, 11) is 0. The van der Waals surface area contributed by atoms with Crippen LogP contribution in [0.5, 0.6) is 0 Å². The molecule has 2 aromatic carbocycles. The first kappa shape index (κ1) is 15.0. The Balaban J connectivity index is 1.73. The maximum absolute atomic E-state index is 13.6. The number of benzene rings is 2. The van der Waals surface area contributed by atoms with E-state index in [1.54, 1.807) is 24.3 Å². The third-order valence-electron chi connectivity index (χ3n) is 4.24. The first-order valence-electron chi connectivity index (χ1n) is 8.06. The summed E-state index contributed by atoms with van der Waals surface area (Å²) in [6.07, 6.45) is 2.41. The molecule has 24 heavy (non-hydrogen) atoms. The molecular formula is C19H17FN2O2. The zero-order valence-electron chi connectivity index (χ0n) is 13.1. The first-order valence-corrected chi connectivity index (χ1v) is 8.06. The number of aromatic nitrogens is 2. The number of ether oxygens (including phenoxy) is 1. The number of halogens is 1. The van der Waals surface area contributed by atoms with Gasteiger partial charge in [0, 0.05) is 12.2 Å². The minimum Gasteiger partial charge on any atom is -0.376 e. The van der Waals surface area contributed by atoms with Crippen LogP contribution in [0.25, 0.3) is 22.3 Å². The fourth-order valence-corrected chi connectivity index (χ4v) is 2.75. The second kappa shape index (κ2) is 6.17. The Bertz CT molecular complexity index is 947. The lowest BCUT2D eigenvalue weighted by Crippen LogP contribution is -2.10. The zero-order valence-corrected chi connectivity index (χ0v) is 13.1. The van der Waals surface area contributed by atoms with Gasteiger partial charge in [-0.3, -0.25) is 4.79 Å². The van der Waals surface area contributed by atoms with Gasteiger partial charge < -0.3 is 9.72 Å². The number of rotatable bonds is 5. The molecule has 1 aliphatic rings. The van der Waals surface area contributed by atoms with Crippen molar-refractivity contribution in [2.75, 3.05) is 6.61 Å².